The molecule has 1 N–H and O–H groups in total. The number of nitrogens with zero attached hydrogens (tertiary/aromatic N) is 2. The first-order valence-electron chi connectivity index (χ1n) is 8.17. The summed E-state index contributed by atoms with van der Waals surface area (Å²) in [5, 5.41) is 3.19. The molecule has 1 heterocycles. The van der Waals surface area contributed by atoms with Crippen molar-refractivity contribution >= 4 is 5.91 Å². The van der Waals surface area contributed by atoms with Gasteiger partial charge in [0.15, 0.2) is 0 Å². The Morgan fingerprint density at radius 3 is 2.50 bits per heavy atom. The molecule has 0 radical (unpaired) electrons. The Balaban J connectivity index is 1.58. The van der Waals surface area contributed by atoms with Crippen LogP contribution in [0.4, 0.5) is 0 Å². The Bertz CT molecular complexity index is 581. The Kier molecular flexibility index (Phi) is 4.88. The van der Waals surface area contributed by atoms with E-state index in [4.69, 9.17) is 0 Å². The third-order valence-electron chi connectivity index (χ3n) is 4.33. The number of rotatable bonds is 4. The lowest BCUT2D eigenvalue weighted by Crippen LogP contribution is -2.34. The fraction of sp³-hybridized carbons (Fsp3) is 0.444. The van der Waals surface area contributed by atoms with Crippen LogP contribution in [0.3, 0.4) is 0 Å². The average Bonchev–Trinajstić information content (AvgIpc) is 2.91. The first kappa shape index (κ1) is 14.8. The standard InChI is InChI=1S/C18H23N3O/c22-18(20-17-5-3-1-2-4-6-17)16-9-7-15(8-10-16)13-21-12-11-19-14-21/h7-12,14,17H,1-6,13H2,(H,20,22). The second-order valence-electron chi connectivity index (χ2n) is 6.09. The number of benzene rings is 1. The first-order chi connectivity index (χ1) is 10.8. The second-order valence-corrected chi connectivity index (χ2v) is 6.09. The summed E-state index contributed by atoms with van der Waals surface area (Å²) in [5.74, 6) is 0.0566. The van der Waals surface area contributed by atoms with Crippen LogP contribution >= 0.6 is 0 Å². The second kappa shape index (κ2) is 7.25. The van der Waals surface area contributed by atoms with Crippen LogP contribution in [0.15, 0.2) is 43.0 Å². The molecule has 3 rings (SSSR count). The average molecular weight is 297 g/mol. The zero-order chi connectivity index (χ0) is 15.2. The summed E-state index contributed by atoms with van der Waals surface area (Å²) in [5.41, 5.74) is 1.92. The van der Waals surface area contributed by atoms with Crippen LogP contribution in [-0.2, 0) is 6.54 Å². The maximum Gasteiger partial charge on any atom is 0.251 e. The minimum absolute atomic E-state index is 0.0566. The minimum atomic E-state index is 0.0566. The van der Waals surface area contributed by atoms with E-state index in [1.807, 2.05) is 35.0 Å². The van der Waals surface area contributed by atoms with Crippen molar-refractivity contribution in [3.63, 3.8) is 0 Å². The van der Waals surface area contributed by atoms with Crippen LogP contribution in [-0.4, -0.2) is 21.5 Å². The molecule has 0 atom stereocenters. The van der Waals surface area contributed by atoms with Gasteiger partial charge in [0.25, 0.3) is 5.91 Å². The fourth-order valence-electron chi connectivity index (χ4n) is 3.05. The van der Waals surface area contributed by atoms with Crippen molar-refractivity contribution in [1.82, 2.24) is 14.9 Å². The molecule has 4 heteroatoms. The zero-order valence-electron chi connectivity index (χ0n) is 12.9. The van der Waals surface area contributed by atoms with Gasteiger partial charge in [-0.05, 0) is 30.5 Å². The highest BCUT2D eigenvalue weighted by molar-refractivity contribution is 5.94. The van der Waals surface area contributed by atoms with Gasteiger partial charge in [-0.3, -0.25) is 4.79 Å². The van der Waals surface area contributed by atoms with Crippen LogP contribution < -0.4 is 5.32 Å². The van der Waals surface area contributed by atoms with Gasteiger partial charge < -0.3 is 9.88 Å². The Morgan fingerprint density at radius 1 is 1.14 bits per heavy atom. The predicted octanol–water partition coefficient (Wildman–Crippen LogP) is 3.38. The molecule has 1 aliphatic carbocycles. The molecule has 2 aromatic rings. The Morgan fingerprint density at radius 2 is 1.86 bits per heavy atom. The molecular formula is C18H23N3O. The topological polar surface area (TPSA) is 46.9 Å². The highest BCUT2D eigenvalue weighted by Crippen LogP contribution is 2.17. The lowest BCUT2D eigenvalue weighted by molar-refractivity contribution is 0.0933. The van der Waals surface area contributed by atoms with Gasteiger partial charge in [-0.2, -0.15) is 0 Å². The summed E-state index contributed by atoms with van der Waals surface area (Å²) in [6, 6.07) is 8.21. The molecule has 1 aromatic carbocycles. The number of nitrogens with one attached hydrogen (secondary N) is 1. The monoisotopic (exact) mass is 297 g/mol. The van der Waals surface area contributed by atoms with Crippen molar-refractivity contribution in [2.24, 2.45) is 0 Å². The normalized spacial score (nSPS) is 16.2. The smallest absolute Gasteiger partial charge is 0.251 e. The lowest BCUT2D eigenvalue weighted by atomic mass is 10.1. The summed E-state index contributed by atoms with van der Waals surface area (Å²) in [6.45, 7) is 0.782. The fourth-order valence-corrected chi connectivity index (χ4v) is 3.05. The number of carbonyl (C=O) groups is 1. The van der Waals surface area contributed by atoms with E-state index in [1.165, 1.54) is 31.2 Å². The number of amides is 1. The molecule has 22 heavy (non-hydrogen) atoms. The molecule has 0 bridgehead atoms. The Hall–Kier alpha value is -2.10. The van der Waals surface area contributed by atoms with Gasteiger partial charge >= 0.3 is 0 Å². The molecule has 4 nitrogen and oxygen atoms in total. The van der Waals surface area contributed by atoms with Crippen molar-refractivity contribution in [2.75, 3.05) is 0 Å². The molecule has 1 fully saturated rings. The van der Waals surface area contributed by atoms with Crippen LogP contribution in [0.25, 0.3) is 0 Å². The Labute approximate surface area is 131 Å². The third kappa shape index (κ3) is 3.97. The van der Waals surface area contributed by atoms with Crippen LogP contribution in [0.1, 0.15) is 54.4 Å². The number of carbonyl (C=O) groups excluding carboxylic acids is 1. The van der Waals surface area contributed by atoms with Crippen molar-refractivity contribution in [3.05, 3.63) is 54.1 Å². The summed E-state index contributed by atoms with van der Waals surface area (Å²) in [6.07, 6.45) is 12.8. The van der Waals surface area contributed by atoms with E-state index in [1.54, 1.807) is 12.5 Å². The van der Waals surface area contributed by atoms with Crippen molar-refractivity contribution in [2.45, 2.75) is 51.1 Å². The molecule has 1 aromatic heterocycles. The molecule has 0 spiro atoms. The van der Waals surface area contributed by atoms with Gasteiger partial charge in [0.05, 0.1) is 6.33 Å². The lowest BCUT2D eigenvalue weighted by Gasteiger charge is -2.16. The van der Waals surface area contributed by atoms with Crippen LogP contribution in [0, 0.1) is 0 Å². The van der Waals surface area contributed by atoms with Gasteiger partial charge in [0, 0.05) is 30.5 Å². The van der Waals surface area contributed by atoms with Crippen molar-refractivity contribution in [3.8, 4) is 0 Å². The van der Waals surface area contributed by atoms with E-state index < -0.39 is 0 Å². The summed E-state index contributed by atoms with van der Waals surface area (Å²) in [4.78, 5) is 16.4. The summed E-state index contributed by atoms with van der Waals surface area (Å²) in [7, 11) is 0. The number of hydrogen-bond acceptors (Lipinski definition) is 2. The quantitative estimate of drug-likeness (QED) is 0.879. The molecule has 1 aliphatic rings. The van der Waals surface area contributed by atoms with E-state index in [2.05, 4.69) is 10.3 Å². The van der Waals surface area contributed by atoms with Crippen LogP contribution in [0.2, 0.25) is 0 Å². The van der Waals surface area contributed by atoms with Crippen molar-refractivity contribution < 1.29 is 4.79 Å². The van der Waals surface area contributed by atoms with Gasteiger partial charge in [-0.25, -0.2) is 4.98 Å². The van der Waals surface area contributed by atoms with E-state index in [0.29, 0.717) is 6.04 Å². The van der Waals surface area contributed by atoms with Gasteiger partial charge in [-0.1, -0.05) is 37.8 Å². The third-order valence-corrected chi connectivity index (χ3v) is 4.33. The molecular weight excluding hydrogens is 274 g/mol. The molecule has 1 saturated carbocycles. The van der Waals surface area contributed by atoms with Crippen LogP contribution in [0.5, 0.6) is 0 Å². The first-order valence-corrected chi connectivity index (χ1v) is 8.17. The molecule has 0 aliphatic heterocycles. The van der Waals surface area contributed by atoms with Gasteiger partial charge in [-0.15, -0.1) is 0 Å². The summed E-state index contributed by atoms with van der Waals surface area (Å²) < 4.78 is 2.01. The maximum absolute atomic E-state index is 12.3. The van der Waals surface area contributed by atoms with E-state index in [9.17, 15) is 4.79 Å². The summed E-state index contributed by atoms with van der Waals surface area (Å²) >= 11 is 0. The molecule has 1 amide bonds. The van der Waals surface area contributed by atoms with Gasteiger partial charge in [0.1, 0.15) is 0 Å². The van der Waals surface area contributed by atoms with E-state index >= 15 is 0 Å². The minimum Gasteiger partial charge on any atom is -0.349 e. The van der Waals surface area contributed by atoms with Gasteiger partial charge in [0.2, 0.25) is 0 Å². The number of imidazole rings is 1. The number of aromatic nitrogens is 2. The SMILES string of the molecule is O=C(NC1CCCCCC1)c1ccc(Cn2ccnc2)cc1. The maximum atomic E-state index is 12.3. The largest absolute Gasteiger partial charge is 0.349 e. The predicted molar refractivity (Wildman–Crippen MR) is 86.7 cm³/mol. The van der Waals surface area contributed by atoms with E-state index in [-0.39, 0.29) is 5.91 Å². The highest BCUT2D eigenvalue weighted by Gasteiger charge is 2.15. The van der Waals surface area contributed by atoms with Crippen molar-refractivity contribution in [1.29, 1.82) is 0 Å². The molecule has 0 saturated heterocycles. The molecule has 116 valence electrons. The number of hydrogen-bond donors (Lipinski definition) is 1. The zero-order valence-corrected chi connectivity index (χ0v) is 12.9. The molecule has 0 unspecified atom stereocenters. The highest BCUT2D eigenvalue weighted by atomic mass is 16.1. The van der Waals surface area contributed by atoms with E-state index in [0.717, 1.165) is 24.9 Å².